The van der Waals surface area contributed by atoms with Crippen molar-refractivity contribution >= 4 is 0 Å². The fourth-order valence-electron chi connectivity index (χ4n) is 3.80. The lowest BCUT2D eigenvalue weighted by Crippen LogP contribution is -2.46. The Balaban J connectivity index is 1.65. The van der Waals surface area contributed by atoms with E-state index >= 15 is 0 Å². The van der Waals surface area contributed by atoms with E-state index in [4.69, 9.17) is 0 Å². The second-order valence-electron chi connectivity index (χ2n) is 7.32. The Morgan fingerprint density at radius 2 is 1.52 bits per heavy atom. The lowest BCUT2D eigenvalue weighted by atomic mass is 9.94. The van der Waals surface area contributed by atoms with E-state index in [0.29, 0.717) is 0 Å². The summed E-state index contributed by atoms with van der Waals surface area (Å²) in [5, 5.41) is 7.34. The van der Waals surface area contributed by atoms with E-state index in [9.17, 15) is 4.39 Å². The zero-order chi connectivity index (χ0) is 18.8. The highest BCUT2D eigenvalue weighted by Crippen LogP contribution is 2.32. The quantitative estimate of drug-likeness (QED) is 0.763. The third-order valence-electron chi connectivity index (χ3n) is 5.47. The van der Waals surface area contributed by atoms with Crippen LogP contribution in [0.2, 0.25) is 0 Å². The minimum Gasteiger partial charge on any atom is -0.304 e. The van der Waals surface area contributed by atoms with Crippen LogP contribution >= 0.6 is 0 Å². The van der Waals surface area contributed by atoms with E-state index in [1.54, 1.807) is 0 Å². The summed E-state index contributed by atoms with van der Waals surface area (Å²) in [5.74, 6) is -0.207. The molecule has 4 nitrogen and oxygen atoms in total. The molecule has 1 saturated heterocycles. The molecule has 1 atom stereocenters. The fourth-order valence-corrected chi connectivity index (χ4v) is 3.80. The molecule has 1 unspecified atom stereocenters. The van der Waals surface area contributed by atoms with Gasteiger partial charge in [0.05, 0.1) is 12.2 Å². The highest BCUT2D eigenvalue weighted by atomic mass is 19.1. The monoisotopic (exact) mass is 364 g/mol. The number of hydrogen-bond acceptors (Lipinski definition) is 3. The molecule has 3 aromatic rings. The van der Waals surface area contributed by atoms with Gasteiger partial charge in [0, 0.05) is 37.4 Å². The lowest BCUT2D eigenvalue weighted by Gasteiger charge is -2.38. The molecule has 0 amide bonds. The standard InChI is InChI=1S/C22H25FN4/c1-16-21(15-24-25-16)22(27-13-11-26(2)12-14-27)19-5-3-17(4-6-19)18-7-9-20(23)10-8-18/h3-10,15,22H,11-14H2,1-2H3,(H,24,25). The van der Waals surface area contributed by atoms with Crippen molar-refractivity contribution in [3.63, 3.8) is 0 Å². The Bertz CT molecular complexity index is 877. The number of hydrogen-bond donors (Lipinski definition) is 1. The van der Waals surface area contributed by atoms with Crippen LogP contribution in [0.25, 0.3) is 11.1 Å². The number of nitrogens with one attached hydrogen (secondary N) is 1. The van der Waals surface area contributed by atoms with Gasteiger partial charge in [-0.3, -0.25) is 10.00 Å². The highest BCUT2D eigenvalue weighted by Gasteiger charge is 2.27. The zero-order valence-electron chi connectivity index (χ0n) is 15.8. The van der Waals surface area contributed by atoms with Gasteiger partial charge in [0.2, 0.25) is 0 Å². The van der Waals surface area contributed by atoms with Gasteiger partial charge in [-0.2, -0.15) is 5.10 Å². The third-order valence-corrected chi connectivity index (χ3v) is 5.47. The van der Waals surface area contributed by atoms with Crippen LogP contribution in [-0.2, 0) is 0 Å². The van der Waals surface area contributed by atoms with Crippen LogP contribution in [0.15, 0.2) is 54.7 Å². The molecule has 0 bridgehead atoms. The Labute approximate surface area is 159 Å². The van der Waals surface area contributed by atoms with Gasteiger partial charge in [0.15, 0.2) is 0 Å². The van der Waals surface area contributed by atoms with Crippen LogP contribution in [0.5, 0.6) is 0 Å². The predicted octanol–water partition coefficient (Wildman–Crippen LogP) is 3.86. The average Bonchev–Trinajstić information content (AvgIpc) is 3.10. The third kappa shape index (κ3) is 3.80. The molecule has 0 radical (unpaired) electrons. The SMILES string of the molecule is Cc1[nH]ncc1C(c1ccc(-c2ccc(F)cc2)cc1)N1CCN(C)CC1. The largest absolute Gasteiger partial charge is 0.304 e. The van der Waals surface area contributed by atoms with Crippen molar-refractivity contribution < 1.29 is 4.39 Å². The summed E-state index contributed by atoms with van der Waals surface area (Å²) < 4.78 is 13.2. The predicted molar refractivity (Wildman–Crippen MR) is 106 cm³/mol. The van der Waals surface area contributed by atoms with Crippen molar-refractivity contribution in [3.05, 3.63) is 77.4 Å². The molecular formula is C22H25FN4. The summed E-state index contributed by atoms with van der Waals surface area (Å²) in [7, 11) is 2.17. The molecule has 0 spiro atoms. The van der Waals surface area contributed by atoms with E-state index in [1.807, 2.05) is 18.3 Å². The molecular weight excluding hydrogens is 339 g/mol. The first-order valence-electron chi connectivity index (χ1n) is 9.40. The molecule has 1 N–H and O–H groups in total. The van der Waals surface area contributed by atoms with Crippen LogP contribution in [0.4, 0.5) is 4.39 Å². The maximum absolute atomic E-state index is 13.2. The van der Waals surface area contributed by atoms with Gasteiger partial charge in [-0.15, -0.1) is 0 Å². The molecule has 140 valence electrons. The molecule has 4 rings (SSSR count). The molecule has 1 aliphatic heterocycles. The van der Waals surface area contributed by atoms with Crippen LogP contribution in [0, 0.1) is 12.7 Å². The number of nitrogens with zero attached hydrogens (tertiary/aromatic N) is 3. The first-order chi connectivity index (χ1) is 13.1. The van der Waals surface area contributed by atoms with E-state index in [1.165, 1.54) is 23.3 Å². The normalized spacial score (nSPS) is 17.1. The molecule has 1 aromatic heterocycles. The Hall–Kier alpha value is -2.50. The minimum atomic E-state index is -0.207. The van der Waals surface area contributed by atoms with E-state index in [0.717, 1.165) is 43.0 Å². The van der Waals surface area contributed by atoms with Gasteiger partial charge in [0.1, 0.15) is 5.82 Å². The molecule has 27 heavy (non-hydrogen) atoms. The number of aromatic nitrogens is 2. The number of aromatic amines is 1. The summed E-state index contributed by atoms with van der Waals surface area (Å²) in [6, 6.07) is 15.5. The lowest BCUT2D eigenvalue weighted by molar-refractivity contribution is 0.127. The summed E-state index contributed by atoms with van der Waals surface area (Å²) >= 11 is 0. The van der Waals surface area contributed by atoms with Crippen molar-refractivity contribution in [3.8, 4) is 11.1 Å². The van der Waals surface area contributed by atoms with Gasteiger partial charge < -0.3 is 4.90 Å². The number of rotatable bonds is 4. The van der Waals surface area contributed by atoms with Gasteiger partial charge >= 0.3 is 0 Å². The van der Waals surface area contributed by atoms with Gasteiger partial charge in [-0.1, -0.05) is 36.4 Å². The topological polar surface area (TPSA) is 35.2 Å². The summed E-state index contributed by atoms with van der Waals surface area (Å²) in [5.41, 5.74) is 5.73. The number of benzene rings is 2. The Morgan fingerprint density at radius 1 is 0.926 bits per heavy atom. The summed E-state index contributed by atoms with van der Waals surface area (Å²) in [4.78, 5) is 4.90. The van der Waals surface area contributed by atoms with E-state index in [2.05, 4.69) is 58.2 Å². The van der Waals surface area contributed by atoms with Gasteiger partial charge in [-0.05, 0) is 42.8 Å². The molecule has 1 aliphatic rings. The van der Waals surface area contributed by atoms with Crippen molar-refractivity contribution in [2.24, 2.45) is 0 Å². The van der Waals surface area contributed by atoms with E-state index < -0.39 is 0 Å². The molecule has 1 fully saturated rings. The van der Waals surface area contributed by atoms with Gasteiger partial charge in [0.25, 0.3) is 0 Å². The highest BCUT2D eigenvalue weighted by molar-refractivity contribution is 5.63. The number of H-pyrrole nitrogens is 1. The van der Waals surface area contributed by atoms with E-state index in [-0.39, 0.29) is 11.9 Å². The second-order valence-corrected chi connectivity index (χ2v) is 7.32. The van der Waals surface area contributed by atoms with Crippen LogP contribution in [-0.4, -0.2) is 53.2 Å². The first-order valence-corrected chi connectivity index (χ1v) is 9.40. The van der Waals surface area contributed by atoms with Crippen molar-refractivity contribution in [1.82, 2.24) is 20.0 Å². The summed E-state index contributed by atoms with van der Waals surface area (Å²) in [6.45, 7) is 6.29. The average molecular weight is 364 g/mol. The second kappa shape index (κ2) is 7.62. The summed E-state index contributed by atoms with van der Waals surface area (Å²) in [6.07, 6.45) is 1.95. The fraction of sp³-hybridized carbons (Fsp3) is 0.318. The minimum absolute atomic E-state index is 0.194. The zero-order valence-corrected chi connectivity index (χ0v) is 15.8. The Kier molecular flexibility index (Phi) is 5.05. The maximum Gasteiger partial charge on any atom is 0.123 e. The number of likely N-dealkylation sites (N-methyl/N-ethyl adjacent to an activating group) is 1. The molecule has 0 saturated carbocycles. The number of halogens is 1. The van der Waals surface area contributed by atoms with Crippen molar-refractivity contribution in [1.29, 1.82) is 0 Å². The maximum atomic E-state index is 13.2. The van der Waals surface area contributed by atoms with Gasteiger partial charge in [-0.25, -0.2) is 4.39 Å². The van der Waals surface area contributed by atoms with Crippen molar-refractivity contribution in [2.45, 2.75) is 13.0 Å². The smallest absolute Gasteiger partial charge is 0.123 e. The first kappa shape index (κ1) is 17.9. The Morgan fingerprint density at radius 3 is 2.07 bits per heavy atom. The number of aryl methyl sites for hydroxylation is 1. The molecule has 0 aliphatic carbocycles. The van der Waals surface area contributed by atoms with Crippen molar-refractivity contribution in [2.75, 3.05) is 33.2 Å². The van der Waals surface area contributed by atoms with Crippen LogP contribution in [0.3, 0.4) is 0 Å². The van der Waals surface area contributed by atoms with Crippen LogP contribution in [0.1, 0.15) is 22.9 Å². The van der Waals surface area contributed by atoms with Crippen LogP contribution < -0.4 is 0 Å². The molecule has 2 heterocycles. The molecule has 5 heteroatoms. The molecule has 2 aromatic carbocycles. The number of piperazine rings is 1.